The van der Waals surface area contributed by atoms with E-state index in [9.17, 15) is 22.7 Å². The molecule has 0 radical (unpaired) electrons. The summed E-state index contributed by atoms with van der Waals surface area (Å²) in [5.41, 5.74) is 6.58. The van der Waals surface area contributed by atoms with E-state index in [-0.39, 0.29) is 6.54 Å². The van der Waals surface area contributed by atoms with Gasteiger partial charge in [-0.25, -0.2) is 17.6 Å². The molecule has 3 N–H and O–H groups in total. The molecule has 0 bridgehead atoms. The molecule has 27 heavy (non-hydrogen) atoms. The third kappa shape index (κ3) is 4.77. The molecule has 0 aliphatic heterocycles. The van der Waals surface area contributed by atoms with Crippen molar-refractivity contribution in [2.45, 2.75) is 31.6 Å². The largest absolute Gasteiger partial charge is 0.464 e. The normalized spacial score (nSPS) is 13.2. The monoisotopic (exact) mass is 394 g/mol. The first-order valence-electron chi connectivity index (χ1n) is 8.29. The molecule has 2 rings (SSSR count). The van der Waals surface area contributed by atoms with Crippen LogP contribution in [-0.4, -0.2) is 30.5 Å². The summed E-state index contributed by atoms with van der Waals surface area (Å²) in [5.74, 6) is -1.19. The minimum Gasteiger partial charge on any atom is -0.464 e. The second-order valence-electron chi connectivity index (χ2n) is 7.36. The second-order valence-corrected chi connectivity index (χ2v) is 9.22. The third-order valence-electron chi connectivity index (χ3n) is 4.33. The Balaban J connectivity index is 2.48. The highest BCUT2D eigenvalue weighted by molar-refractivity contribution is 7.89. The molecule has 0 saturated heterocycles. The fourth-order valence-corrected chi connectivity index (χ4v) is 4.12. The standard InChI is InChI=1S/C19H23FN2O4S/c1-19(2,3)17(13-7-9-15(21)10-8-13)12-22(18(23)24)27(25,26)16-6-4-5-14(20)11-16/h4-11,17H,12,21H2,1-3H3,(H,23,24). The van der Waals surface area contributed by atoms with Crippen molar-refractivity contribution in [2.24, 2.45) is 5.41 Å². The van der Waals surface area contributed by atoms with Gasteiger partial charge >= 0.3 is 6.09 Å². The summed E-state index contributed by atoms with van der Waals surface area (Å²) in [5, 5.41) is 9.58. The van der Waals surface area contributed by atoms with Crippen LogP contribution in [0.1, 0.15) is 32.3 Å². The fraction of sp³-hybridized carbons (Fsp3) is 0.316. The van der Waals surface area contributed by atoms with Crippen LogP contribution < -0.4 is 5.73 Å². The van der Waals surface area contributed by atoms with Gasteiger partial charge in [-0.15, -0.1) is 0 Å². The average molecular weight is 394 g/mol. The highest BCUT2D eigenvalue weighted by Gasteiger charge is 2.36. The van der Waals surface area contributed by atoms with E-state index in [1.807, 2.05) is 20.8 Å². The predicted molar refractivity (Wildman–Crippen MR) is 101 cm³/mol. The van der Waals surface area contributed by atoms with Crippen molar-refractivity contribution >= 4 is 21.8 Å². The molecule has 2 aromatic carbocycles. The van der Waals surface area contributed by atoms with Gasteiger partial charge in [0.2, 0.25) is 0 Å². The molecule has 0 fully saturated rings. The average Bonchev–Trinajstić information content (AvgIpc) is 2.55. The molecule has 0 saturated carbocycles. The minimum atomic E-state index is -4.43. The van der Waals surface area contributed by atoms with Crippen molar-refractivity contribution in [3.05, 3.63) is 59.9 Å². The Labute approximate surface area is 158 Å². The van der Waals surface area contributed by atoms with E-state index in [0.29, 0.717) is 9.99 Å². The molecule has 8 heteroatoms. The topological polar surface area (TPSA) is 101 Å². The first kappa shape index (κ1) is 20.7. The molecule has 1 atom stereocenters. The van der Waals surface area contributed by atoms with Crippen LogP contribution in [0.5, 0.6) is 0 Å². The zero-order chi connectivity index (χ0) is 20.4. The van der Waals surface area contributed by atoms with Gasteiger partial charge in [-0.05, 0) is 41.3 Å². The minimum absolute atomic E-state index is 0.304. The van der Waals surface area contributed by atoms with Gasteiger partial charge in [0.1, 0.15) is 5.82 Å². The van der Waals surface area contributed by atoms with Gasteiger partial charge in [0, 0.05) is 18.2 Å². The van der Waals surface area contributed by atoms with Gasteiger partial charge in [0.25, 0.3) is 10.0 Å². The molecule has 0 aromatic heterocycles. The predicted octanol–water partition coefficient (Wildman–Crippen LogP) is 3.91. The zero-order valence-electron chi connectivity index (χ0n) is 15.4. The molecule has 0 spiro atoms. The van der Waals surface area contributed by atoms with Crippen LogP contribution in [0.3, 0.4) is 0 Å². The number of nitrogens with two attached hydrogens (primary N) is 1. The summed E-state index contributed by atoms with van der Waals surface area (Å²) in [7, 11) is -4.43. The molecule has 1 amide bonds. The van der Waals surface area contributed by atoms with E-state index in [1.54, 1.807) is 24.3 Å². The smallest absolute Gasteiger partial charge is 0.421 e. The van der Waals surface area contributed by atoms with E-state index in [0.717, 1.165) is 17.7 Å². The lowest BCUT2D eigenvalue weighted by Crippen LogP contribution is -2.41. The van der Waals surface area contributed by atoms with Gasteiger partial charge in [-0.3, -0.25) is 0 Å². The summed E-state index contributed by atoms with van der Waals surface area (Å²) >= 11 is 0. The Morgan fingerprint density at radius 3 is 2.26 bits per heavy atom. The molecular formula is C19H23FN2O4S. The lowest BCUT2D eigenvalue weighted by molar-refractivity contribution is 0.163. The van der Waals surface area contributed by atoms with Crippen molar-refractivity contribution in [1.82, 2.24) is 4.31 Å². The van der Waals surface area contributed by atoms with Crippen LogP contribution in [0.2, 0.25) is 0 Å². The highest BCUT2D eigenvalue weighted by Crippen LogP contribution is 2.37. The quantitative estimate of drug-likeness (QED) is 0.749. The van der Waals surface area contributed by atoms with Gasteiger partial charge in [0.05, 0.1) is 4.90 Å². The van der Waals surface area contributed by atoms with Crippen LogP contribution in [0.15, 0.2) is 53.4 Å². The van der Waals surface area contributed by atoms with E-state index in [2.05, 4.69) is 0 Å². The highest BCUT2D eigenvalue weighted by atomic mass is 32.2. The molecule has 2 aromatic rings. The van der Waals surface area contributed by atoms with Crippen LogP contribution in [0.25, 0.3) is 0 Å². The van der Waals surface area contributed by atoms with Crippen molar-refractivity contribution in [2.75, 3.05) is 12.3 Å². The molecule has 6 nitrogen and oxygen atoms in total. The Morgan fingerprint density at radius 2 is 1.78 bits per heavy atom. The number of carboxylic acid groups (broad SMARTS) is 1. The molecular weight excluding hydrogens is 371 g/mol. The lowest BCUT2D eigenvalue weighted by atomic mass is 9.76. The number of benzene rings is 2. The number of sulfonamides is 1. The molecule has 146 valence electrons. The number of rotatable bonds is 5. The Kier molecular flexibility index (Phi) is 5.79. The Bertz CT molecular complexity index is 921. The first-order chi connectivity index (χ1) is 12.4. The molecule has 0 aliphatic carbocycles. The Morgan fingerprint density at radius 1 is 1.19 bits per heavy atom. The van der Waals surface area contributed by atoms with Crippen molar-refractivity contribution in [3.63, 3.8) is 0 Å². The summed E-state index contributed by atoms with van der Waals surface area (Å²) < 4.78 is 39.5. The zero-order valence-corrected chi connectivity index (χ0v) is 16.2. The fourth-order valence-electron chi connectivity index (χ4n) is 2.81. The maximum atomic E-state index is 13.5. The third-order valence-corrected chi connectivity index (χ3v) is 6.07. The summed E-state index contributed by atoms with van der Waals surface area (Å²) in [6, 6.07) is 11.2. The lowest BCUT2D eigenvalue weighted by Gasteiger charge is -2.34. The second kappa shape index (κ2) is 7.56. The van der Waals surface area contributed by atoms with Crippen molar-refractivity contribution < 1.29 is 22.7 Å². The van der Waals surface area contributed by atoms with Crippen molar-refractivity contribution in [1.29, 1.82) is 0 Å². The SMILES string of the molecule is CC(C)(C)C(CN(C(=O)O)S(=O)(=O)c1cccc(F)c1)c1ccc(N)cc1. The van der Waals surface area contributed by atoms with Gasteiger partial charge < -0.3 is 10.8 Å². The van der Waals surface area contributed by atoms with Gasteiger partial charge in [-0.2, -0.15) is 4.31 Å². The number of halogens is 1. The van der Waals surface area contributed by atoms with Crippen LogP contribution in [0, 0.1) is 11.2 Å². The van der Waals surface area contributed by atoms with Crippen LogP contribution in [-0.2, 0) is 10.0 Å². The van der Waals surface area contributed by atoms with Gasteiger partial charge in [-0.1, -0.05) is 39.0 Å². The number of hydrogen-bond donors (Lipinski definition) is 2. The van der Waals surface area contributed by atoms with E-state index >= 15 is 0 Å². The first-order valence-corrected chi connectivity index (χ1v) is 9.73. The number of nitrogens with zero attached hydrogens (tertiary/aromatic N) is 1. The number of amides is 1. The summed E-state index contributed by atoms with van der Waals surface area (Å²) in [6.07, 6.45) is -1.62. The molecule has 0 heterocycles. The molecule has 0 aliphatic rings. The van der Waals surface area contributed by atoms with Crippen LogP contribution >= 0.6 is 0 Å². The number of nitrogen functional groups attached to an aromatic ring is 1. The van der Waals surface area contributed by atoms with Gasteiger partial charge in [0.15, 0.2) is 0 Å². The van der Waals surface area contributed by atoms with E-state index < -0.39 is 38.2 Å². The Hall–Kier alpha value is -2.61. The van der Waals surface area contributed by atoms with E-state index in [1.165, 1.54) is 12.1 Å². The number of hydrogen-bond acceptors (Lipinski definition) is 4. The summed E-state index contributed by atoms with van der Waals surface area (Å²) in [4.78, 5) is 11.4. The number of carbonyl (C=O) groups is 1. The van der Waals surface area contributed by atoms with E-state index in [4.69, 9.17) is 5.73 Å². The maximum Gasteiger partial charge on any atom is 0.421 e. The number of anilines is 1. The van der Waals surface area contributed by atoms with Crippen LogP contribution in [0.4, 0.5) is 14.9 Å². The molecule has 1 unspecified atom stereocenters. The summed E-state index contributed by atoms with van der Waals surface area (Å²) in [6.45, 7) is 5.37. The maximum absolute atomic E-state index is 13.5. The van der Waals surface area contributed by atoms with Crippen molar-refractivity contribution in [3.8, 4) is 0 Å².